The van der Waals surface area contributed by atoms with Gasteiger partial charge < -0.3 is 14.4 Å². The fraction of sp³-hybridized carbons (Fsp3) is 0.500. The van der Waals surface area contributed by atoms with Crippen LogP contribution in [0.25, 0.3) is 0 Å². The fourth-order valence-electron chi connectivity index (χ4n) is 2.17. The first-order valence-corrected chi connectivity index (χ1v) is 8.19. The number of hydrogen-bond acceptors (Lipinski definition) is 5. The predicted molar refractivity (Wildman–Crippen MR) is 89.0 cm³/mol. The Bertz CT molecular complexity index is 529. The zero-order valence-corrected chi connectivity index (χ0v) is 14.3. The van der Waals surface area contributed by atoms with E-state index in [2.05, 4.69) is 0 Å². The molecule has 0 aromatic heterocycles. The van der Waals surface area contributed by atoms with Gasteiger partial charge in [-0.15, -0.1) is 0 Å². The summed E-state index contributed by atoms with van der Waals surface area (Å²) >= 11 is 0. The highest BCUT2D eigenvalue weighted by Gasteiger charge is 2.18. The maximum atomic E-state index is 12.4. The Balaban J connectivity index is 2.60. The molecule has 132 valence electrons. The van der Waals surface area contributed by atoms with Crippen molar-refractivity contribution < 1.29 is 23.9 Å². The summed E-state index contributed by atoms with van der Waals surface area (Å²) in [6.07, 6.45) is 0.773. The second-order valence-electron chi connectivity index (χ2n) is 5.20. The summed E-state index contributed by atoms with van der Waals surface area (Å²) in [6, 6.07) is 9.43. The first kappa shape index (κ1) is 19.7. The summed E-state index contributed by atoms with van der Waals surface area (Å²) in [5.74, 6) is -0.936. The van der Waals surface area contributed by atoms with Gasteiger partial charge in [0.2, 0.25) is 5.91 Å². The molecule has 0 spiro atoms. The predicted octanol–water partition coefficient (Wildman–Crippen LogP) is 2.31. The van der Waals surface area contributed by atoms with E-state index in [0.717, 1.165) is 5.56 Å². The Hall–Kier alpha value is -2.37. The molecule has 0 saturated heterocycles. The third-order valence-corrected chi connectivity index (χ3v) is 3.27. The Kier molecular flexibility index (Phi) is 9.19. The van der Waals surface area contributed by atoms with Gasteiger partial charge in [0, 0.05) is 19.4 Å². The molecule has 0 unspecified atom stereocenters. The minimum absolute atomic E-state index is 0.0963. The lowest BCUT2D eigenvalue weighted by molar-refractivity contribution is -0.149. The quantitative estimate of drug-likeness (QED) is 0.614. The number of rotatable bonds is 10. The lowest BCUT2D eigenvalue weighted by Gasteiger charge is -2.22. The normalized spacial score (nSPS) is 10.1. The molecule has 0 fully saturated rings. The van der Waals surface area contributed by atoms with Crippen molar-refractivity contribution in [3.63, 3.8) is 0 Å². The van der Waals surface area contributed by atoms with Crippen LogP contribution in [0.2, 0.25) is 0 Å². The molecule has 0 aliphatic rings. The SMILES string of the molecule is CCOC(=O)CCCC(=O)N(CC(=O)OCC)Cc1ccccc1. The molecule has 0 aliphatic carbocycles. The number of nitrogens with zero attached hydrogens (tertiary/aromatic N) is 1. The van der Waals surface area contributed by atoms with E-state index in [1.165, 1.54) is 4.90 Å². The van der Waals surface area contributed by atoms with Gasteiger partial charge in [-0.2, -0.15) is 0 Å². The topological polar surface area (TPSA) is 72.9 Å². The molecule has 1 rings (SSSR count). The van der Waals surface area contributed by atoms with Crippen LogP contribution in [0.4, 0.5) is 0 Å². The summed E-state index contributed by atoms with van der Waals surface area (Å²) in [4.78, 5) is 36.9. The van der Waals surface area contributed by atoms with Crippen LogP contribution in [0.5, 0.6) is 0 Å². The summed E-state index contributed by atoms with van der Waals surface area (Å²) in [5.41, 5.74) is 0.931. The molecule has 1 aromatic rings. The van der Waals surface area contributed by atoms with Crippen LogP contribution in [-0.2, 0) is 30.4 Å². The van der Waals surface area contributed by atoms with Gasteiger partial charge >= 0.3 is 11.9 Å². The second kappa shape index (κ2) is 11.2. The third kappa shape index (κ3) is 7.76. The van der Waals surface area contributed by atoms with Gasteiger partial charge in [0.05, 0.1) is 13.2 Å². The Morgan fingerprint density at radius 3 is 2.17 bits per heavy atom. The lowest BCUT2D eigenvalue weighted by atomic mass is 10.2. The molecule has 6 heteroatoms. The zero-order chi connectivity index (χ0) is 17.8. The number of ether oxygens (including phenoxy) is 2. The first-order chi connectivity index (χ1) is 11.6. The molecule has 1 amide bonds. The van der Waals surface area contributed by atoms with Crippen molar-refractivity contribution in [1.29, 1.82) is 0 Å². The minimum atomic E-state index is -0.438. The fourth-order valence-corrected chi connectivity index (χ4v) is 2.17. The van der Waals surface area contributed by atoms with Crippen LogP contribution >= 0.6 is 0 Å². The van der Waals surface area contributed by atoms with E-state index in [-0.39, 0.29) is 37.9 Å². The van der Waals surface area contributed by atoms with E-state index in [4.69, 9.17) is 9.47 Å². The van der Waals surface area contributed by atoms with Gasteiger partial charge in [-0.1, -0.05) is 30.3 Å². The molecule has 1 aromatic carbocycles. The highest BCUT2D eigenvalue weighted by Crippen LogP contribution is 2.09. The number of hydrogen-bond donors (Lipinski definition) is 0. The molecule has 24 heavy (non-hydrogen) atoms. The van der Waals surface area contributed by atoms with Crippen molar-refractivity contribution in [2.24, 2.45) is 0 Å². The van der Waals surface area contributed by atoms with Gasteiger partial charge in [-0.05, 0) is 25.8 Å². The van der Waals surface area contributed by atoms with E-state index in [1.54, 1.807) is 13.8 Å². The molecule has 6 nitrogen and oxygen atoms in total. The molecular formula is C18H25NO5. The first-order valence-electron chi connectivity index (χ1n) is 8.19. The molecule has 0 heterocycles. The van der Waals surface area contributed by atoms with Crippen molar-refractivity contribution >= 4 is 17.8 Å². The molecular weight excluding hydrogens is 310 g/mol. The number of carbonyl (C=O) groups is 3. The van der Waals surface area contributed by atoms with Crippen LogP contribution in [0.1, 0.15) is 38.7 Å². The molecule has 0 bridgehead atoms. The summed E-state index contributed by atoms with van der Waals surface area (Å²) < 4.78 is 9.77. The Labute approximate surface area is 142 Å². The zero-order valence-electron chi connectivity index (χ0n) is 14.3. The van der Waals surface area contributed by atoms with Gasteiger partial charge in [-0.25, -0.2) is 0 Å². The molecule has 0 saturated carbocycles. The molecule has 0 N–H and O–H groups in total. The van der Waals surface area contributed by atoms with Gasteiger partial charge in [0.15, 0.2) is 0 Å². The van der Waals surface area contributed by atoms with E-state index in [9.17, 15) is 14.4 Å². The van der Waals surface area contributed by atoms with E-state index >= 15 is 0 Å². The van der Waals surface area contributed by atoms with Gasteiger partial charge in [-0.3, -0.25) is 14.4 Å². The van der Waals surface area contributed by atoms with Crippen LogP contribution in [-0.4, -0.2) is 42.5 Å². The van der Waals surface area contributed by atoms with Crippen LogP contribution in [0.15, 0.2) is 30.3 Å². The van der Waals surface area contributed by atoms with Crippen LogP contribution < -0.4 is 0 Å². The Morgan fingerprint density at radius 2 is 1.54 bits per heavy atom. The van der Waals surface area contributed by atoms with Crippen molar-refractivity contribution in [1.82, 2.24) is 4.90 Å². The second-order valence-corrected chi connectivity index (χ2v) is 5.20. The van der Waals surface area contributed by atoms with Gasteiger partial charge in [0.1, 0.15) is 6.54 Å². The lowest BCUT2D eigenvalue weighted by Crippen LogP contribution is -2.36. The van der Waals surface area contributed by atoms with E-state index in [0.29, 0.717) is 19.6 Å². The smallest absolute Gasteiger partial charge is 0.325 e. The van der Waals surface area contributed by atoms with Crippen LogP contribution in [0, 0.1) is 0 Å². The molecule has 0 atom stereocenters. The maximum absolute atomic E-state index is 12.4. The van der Waals surface area contributed by atoms with Crippen molar-refractivity contribution in [2.45, 2.75) is 39.7 Å². The average molecular weight is 335 g/mol. The largest absolute Gasteiger partial charge is 0.466 e. The maximum Gasteiger partial charge on any atom is 0.325 e. The summed E-state index contributed by atoms with van der Waals surface area (Å²) in [7, 11) is 0. The summed E-state index contributed by atoms with van der Waals surface area (Å²) in [6.45, 7) is 4.30. The van der Waals surface area contributed by atoms with Crippen molar-refractivity contribution in [3.05, 3.63) is 35.9 Å². The van der Waals surface area contributed by atoms with Crippen LogP contribution in [0.3, 0.4) is 0 Å². The van der Waals surface area contributed by atoms with Crippen molar-refractivity contribution in [2.75, 3.05) is 19.8 Å². The highest BCUT2D eigenvalue weighted by atomic mass is 16.5. The molecule has 0 aliphatic heterocycles. The minimum Gasteiger partial charge on any atom is -0.466 e. The standard InChI is InChI=1S/C18H25NO5/c1-3-23-17(21)12-8-11-16(20)19(14-18(22)24-4-2)13-15-9-6-5-7-10-15/h5-7,9-10H,3-4,8,11-14H2,1-2H3. The number of esters is 2. The van der Waals surface area contributed by atoms with E-state index in [1.807, 2.05) is 30.3 Å². The number of carbonyl (C=O) groups excluding carboxylic acids is 3. The number of amides is 1. The number of benzene rings is 1. The van der Waals surface area contributed by atoms with Crippen molar-refractivity contribution in [3.8, 4) is 0 Å². The average Bonchev–Trinajstić information content (AvgIpc) is 2.55. The molecule has 0 radical (unpaired) electrons. The highest BCUT2D eigenvalue weighted by molar-refractivity contribution is 5.82. The van der Waals surface area contributed by atoms with E-state index < -0.39 is 5.97 Å². The summed E-state index contributed by atoms with van der Waals surface area (Å²) in [5, 5.41) is 0. The third-order valence-electron chi connectivity index (χ3n) is 3.27. The monoisotopic (exact) mass is 335 g/mol. The Morgan fingerprint density at radius 1 is 0.917 bits per heavy atom. The van der Waals surface area contributed by atoms with Gasteiger partial charge in [0.25, 0.3) is 0 Å².